The van der Waals surface area contributed by atoms with E-state index in [2.05, 4.69) is 6.92 Å². The third-order valence-electron chi connectivity index (χ3n) is 5.14. The minimum Gasteiger partial charge on any atom is -0.342 e. The van der Waals surface area contributed by atoms with Crippen LogP contribution in [0.1, 0.15) is 79.6 Å². The van der Waals surface area contributed by atoms with E-state index in [0.717, 1.165) is 19.0 Å². The van der Waals surface area contributed by atoms with Crippen molar-refractivity contribution in [3.63, 3.8) is 0 Å². The lowest BCUT2D eigenvalue weighted by Crippen LogP contribution is -2.44. The fraction of sp³-hybridized carbons (Fsp3) is 0.947. The van der Waals surface area contributed by atoms with Crippen LogP contribution >= 0.6 is 0 Å². The molecule has 1 amide bonds. The number of nitrogens with zero attached hydrogens (tertiary/aromatic N) is 1. The van der Waals surface area contributed by atoms with Crippen molar-refractivity contribution in [1.82, 2.24) is 4.90 Å². The zero-order valence-corrected chi connectivity index (χ0v) is 15.9. The Morgan fingerprint density at radius 2 is 1.50 bits per heavy atom. The molecule has 1 aliphatic heterocycles. The number of halogens is 3. The van der Waals surface area contributed by atoms with Crippen LogP contribution in [-0.4, -0.2) is 35.5 Å². The van der Waals surface area contributed by atoms with E-state index >= 15 is 0 Å². The van der Waals surface area contributed by atoms with E-state index in [1.54, 1.807) is 0 Å². The van der Waals surface area contributed by atoms with Gasteiger partial charge < -0.3 is 4.90 Å². The topological polar surface area (TPSA) is 20.3 Å². The average molecular weight is 349 g/mol. The minimum absolute atomic E-state index is 0. The summed E-state index contributed by atoms with van der Waals surface area (Å²) in [6.07, 6.45) is 3.06. The van der Waals surface area contributed by atoms with E-state index in [1.165, 1.54) is 26.2 Å². The van der Waals surface area contributed by atoms with Gasteiger partial charge in [-0.25, -0.2) is 13.2 Å². The van der Waals surface area contributed by atoms with E-state index in [0.29, 0.717) is 5.91 Å². The SMILES string of the molecule is CC1(F)CCC(F)(F)CC1.CCC1CCN(C(=O)C(C)(C)C)CC1. The number of alkyl halides is 3. The summed E-state index contributed by atoms with van der Waals surface area (Å²) in [6, 6.07) is 0. The van der Waals surface area contributed by atoms with Crippen LogP contribution in [0.25, 0.3) is 0 Å². The molecule has 0 aromatic heterocycles. The first-order chi connectivity index (χ1) is 10.9. The van der Waals surface area contributed by atoms with Crippen molar-refractivity contribution < 1.29 is 18.0 Å². The molecule has 0 N–H and O–H groups in total. The standard InChI is InChI=1S/C12H23NO.C7H11F3/c1-5-10-6-8-13(9-7-10)11(14)12(2,3)4;1-6(8)2-4-7(9,10)5-3-6/h10H,5-9H2,1-4H3;2-5H2,1H3. The van der Waals surface area contributed by atoms with Crippen molar-refractivity contribution in [3.8, 4) is 0 Å². The molecule has 1 aliphatic carbocycles. The summed E-state index contributed by atoms with van der Waals surface area (Å²) in [5.41, 5.74) is -1.55. The fourth-order valence-electron chi connectivity index (χ4n) is 3.16. The monoisotopic (exact) mass is 349 g/mol. The van der Waals surface area contributed by atoms with Gasteiger partial charge in [-0.15, -0.1) is 0 Å². The number of likely N-dealkylation sites (tertiary alicyclic amines) is 1. The van der Waals surface area contributed by atoms with Crippen LogP contribution in [0, 0.1) is 11.3 Å². The number of hydrogen-bond acceptors (Lipinski definition) is 1. The zero-order chi connectivity index (χ0) is 18.6. The molecule has 0 atom stereocenters. The number of hydrogen-bond donors (Lipinski definition) is 0. The lowest BCUT2D eigenvalue weighted by atomic mass is 9.86. The highest BCUT2D eigenvalue weighted by Gasteiger charge is 2.40. The lowest BCUT2D eigenvalue weighted by Gasteiger charge is -2.35. The molecule has 1 saturated carbocycles. The molecule has 0 unspecified atom stereocenters. The van der Waals surface area contributed by atoms with E-state index < -0.39 is 11.6 Å². The van der Waals surface area contributed by atoms with Gasteiger partial charge in [-0.3, -0.25) is 4.79 Å². The Hall–Kier alpha value is -0.740. The predicted molar refractivity (Wildman–Crippen MR) is 92.0 cm³/mol. The number of carbonyl (C=O) groups excluding carboxylic acids is 1. The molecule has 0 bridgehead atoms. The molecule has 0 spiro atoms. The van der Waals surface area contributed by atoms with Gasteiger partial charge in [-0.2, -0.15) is 0 Å². The molecule has 2 rings (SSSR count). The van der Waals surface area contributed by atoms with Crippen LogP contribution < -0.4 is 0 Å². The molecule has 0 radical (unpaired) electrons. The van der Waals surface area contributed by atoms with Gasteiger partial charge in [0.25, 0.3) is 0 Å². The van der Waals surface area contributed by atoms with E-state index in [4.69, 9.17) is 0 Å². The van der Waals surface area contributed by atoms with Gasteiger partial charge in [0.2, 0.25) is 11.8 Å². The fourth-order valence-corrected chi connectivity index (χ4v) is 3.16. The van der Waals surface area contributed by atoms with Crippen LogP contribution in [-0.2, 0) is 4.79 Å². The first-order valence-corrected chi connectivity index (χ1v) is 9.22. The maximum atomic E-state index is 12.9. The minimum atomic E-state index is -2.61. The van der Waals surface area contributed by atoms with Crippen molar-refractivity contribution >= 4 is 5.91 Å². The summed E-state index contributed by atoms with van der Waals surface area (Å²) in [6.45, 7) is 11.6. The maximum Gasteiger partial charge on any atom is 0.248 e. The Bertz CT molecular complexity index is 379. The first kappa shape index (κ1) is 21.3. The second-order valence-electron chi connectivity index (χ2n) is 8.66. The molecular weight excluding hydrogens is 315 g/mol. The Kier molecular flexibility index (Phi) is 7.18. The van der Waals surface area contributed by atoms with Crippen LogP contribution in [0.15, 0.2) is 0 Å². The zero-order valence-electron chi connectivity index (χ0n) is 15.9. The largest absolute Gasteiger partial charge is 0.342 e. The van der Waals surface area contributed by atoms with E-state index in [-0.39, 0.29) is 31.1 Å². The lowest BCUT2D eigenvalue weighted by molar-refractivity contribution is -0.140. The maximum absolute atomic E-state index is 12.9. The summed E-state index contributed by atoms with van der Waals surface area (Å²) in [4.78, 5) is 14.0. The van der Waals surface area contributed by atoms with Crippen molar-refractivity contribution in [2.24, 2.45) is 11.3 Å². The third-order valence-corrected chi connectivity index (χ3v) is 5.14. The van der Waals surface area contributed by atoms with Gasteiger partial charge in [0.1, 0.15) is 5.67 Å². The van der Waals surface area contributed by atoms with Gasteiger partial charge >= 0.3 is 0 Å². The average Bonchev–Trinajstić information content (AvgIpc) is 2.50. The highest BCUT2D eigenvalue weighted by Crippen LogP contribution is 2.40. The van der Waals surface area contributed by atoms with Gasteiger partial charge in [0.05, 0.1) is 0 Å². The summed E-state index contributed by atoms with van der Waals surface area (Å²) in [5, 5.41) is 0. The van der Waals surface area contributed by atoms with Crippen LogP contribution in [0.4, 0.5) is 13.2 Å². The summed E-state index contributed by atoms with van der Waals surface area (Å²) in [7, 11) is 0. The van der Waals surface area contributed by atoms with Crippen LogP contribution in [0.2, 0.25) is 0 Å². The number of piperidine rings is 1. The summed E-state index contributed by atoms with van der Waals surface area (Å²) >= 11 is 0. The normalized spacial score (nSPS) is 24.1. The van der Waals surface area contributed by atoms with Gasteiger partial charge in [0.15, 0.2) is 0 Å². The van der Waals surface area contributed by atoms with Crippen molar-refractivity contribution in [1.29, 1.82) is 0 Å². The molecule has 2 aliphatic rings. The Labute approximate surface area is 145 Å². The number of carbonyl (C=O) groups is 1. The van der Waals surface area contributed by atoms with Crippen LogP contribution in [0.3, 0.4) is 0 Å². The second kappa shape index (κ2) is 8.09. The van der Waals surface area contributed by atoms with Crippen molar-refractivity contribution in [2.45, 2.75) is 91.2 Å². The first-order valence-electron chi connectivity index (χ1n) is 9.22. The highest BCUT2D eigenvalue weighted by atomic mass is 19.3. The molecule has 2 nitrogen and oxygen atoms in total. The van der Waals surface area contributed by atoms with E-state index in [1.807, 2.05) is 25.7 Å². The highest BCUT2D eigenvalue weighted by molar-refractivity contribution is 5.81. The summed E-state index contributed by atoms with van der Waals surface area (Å²) < 4.78 is 37.6. The van der Waals surface area contributed by atoms with E-state index in [9.17, 15) is 18.0 Å². The molecule has 1 saturated heterocycles. The quantitative estimate of drug-likeness (QED) is 0.603. The van der Waals surface area contributed by atoms with Crippen molar-refractivity contribution in [2.75, 3.05) is 13.1 Å². The van der Waals surface area contributed by atoms with Crippen molar-refractivity contribution in [3.05, 3.63) is 0 Å². The molecule has 142 valence electrons. The molecule has 5 heteroatoms. The Morgan fingerprint density at radius 3 is 1.83 bits per heavy atom. The summed E-state index contributed by atoms with van der Waals surface area (Å²) in [5.74, 6) is -1.45. The van der Waals surface area contributed by atoms with Gasteiger partial charge in [-0.1, -0.05) is 34.1 Å². The molecule has 2 fully saturated rings. The Balaban J connectivity index is 0.000000254. The smallest absolute Gasteiger partial charge is 0.248 e. The molecule has 1 heterocycles. The molecule has 0 aromatic rings. The van der Waals surface area contributed by atoms with Crippen LogP contribution in [0.5, 0.6) is 0 Å². The number of amides is 1. The second-order valence-corrected chi connectivity index (χ2v) is 8.66. The predicted octanol–water partition coefficient (Wildman–Crippen LogP) is 5.61. The third kappa shape index (κ3) is 7.02. The number of rotatable bonds is 1. The van der Waals surface area contributed by atoms with Gasteiger partial charge in [-0.05, 0) is 38.5 Å². The Morgan fingerprint density at radius 1 is 1.04 bits per heavy atom. The van der Waals surface area contributed by atoms with Gasteiger partial charge in [0, 0.05) is 31.3 Å². The molecule has 0 aromatic carbocycles. The molecular formula is C19H34F3NO. The molecule has 24 heavy (non-hydrogen) atoms.